The summed E-state index contributed by atoms with van der Waals surface area (Å²) in [7, 11) is -3.79. The molecule has 1 aliphatic rings. The number of fused-ring (bicyclic) bond motifs is 1. The number of H-pyrrole nitrogens is 1. The third-order valence-corrected chi connectivity index (χ3v) is 6.37. The molecule has 0 saturated carbocycles. The number of pyridine rings is 1. The SMILES string of the molecule is O=C1CSC(=O)N1Cc1ccc(NS(=O)(=O)c2c[nH]c3ncccc23)cc1. The Bertz CT molecular complexity index is 1120. The summed E-state index contributed by atoms with van der Waals surface area (Å²) in [6.07, 6.45) is 2.98. The van der Waals surface area contributed by atoms with Gasteiger partial charge >= 0.3 is 0 Å². The van der Waals surface area contributed by atoms with Crippen LogP contribution in [0.25, 0.3) is 11.0 Å². The standard InChI is InChI=1S/C17H14N4O4S2/c22-15-10-26-17(23)21(15)9-11-3-5-12(6-4-11)20-27(24,25)14-8-19-16-13(14)2-1-7-18-16/h1-8,20H,9-10H2,(H,18,19). The first kappa shape index (κ1) is 17.6. The predicted octanol–water partition coefficient (Wildman–Crippen LogP) is 2.56. The molecular formula is C17H14N4O4S2. The van der Waals surface area contributed by atoms with Crippen molar-refractivity contribution in [3.05, 3.63) is 54.4 Å². The van der Waals surface area contributed by atoms with Crippen molar-refractivity contribution < 1.29 is 18.0 Å². The van der Waals surface area contributed by atoms with Crippen molar-refractivity contribution in [3.8, 4) is 0 Å². The minimum Gasteiger partial charge on any atom is -0.345 e. The van der Waals surface area contributed by atoms with Gasteiger partial charge in [-0.2, -0.15) is 0 Å². The molecule has 0 aliphatic carbocycles. The van der Waals surface area contributed by atoms with Crippen LogP contribution in [-0.2, 0) is 21.4 Å². The molecule has 1 fully saturated rings. The van der Waals surface area contributed by atoms with Gasteiger partial charge in [0.05, 0.1) is 12.3 Å². The summed E-state index contributed by atoms with van der Waals surface area (Å²) in [6, 6.07) is 9.90. The molecule has 1 saturated heterocycles. The number of thioether (sulfide) groups is 1. The van der Waals surface area contributed by atoms with Crippen molar-refractivity contribution in [1.82, 2.24) is 14.9 Å². The van der Waals surface area contributed by atoms with Crippen LogP contribution in [0.2, 0.25) is 0 Å². The Morgan fingerprint density at radius 1 is 1.19 bits per heavy atom. The molecule has 0 radical (unpaired) electrons. The predicted molar refractivity (Wildman–Crippen MR) is 102 cm³/mol. The second-order valence-corrected chi connectivity index (χ2v) is 8.47. The molecule has 3 heterocycles. The average molecular weight is 402 g/mol. The molecule has 0 atom stereocenters. The number of benzene rings is 1. The third-order valence-electron chi connectivity index (χ3n) is 4.09. The van der Waals surface area contributed by atoms with Crippen LogP contribution >= 0.6 is 11.8 Å². The normalized spacial score (nSPS) is 14.9. The van der Waals surface area contributed by atoms with Crippen molar-refractivity contribution in [2.75, 3.05) is 10.5 Å². The maximum atomic E-state index is 12.7. The van der Waals surface area contributed by atoms with Gasteiger partial charge in [-0.1, -0.05) is 23.9 Å². The molecule has 0 unspecified atom stereocenters. The Hall–Kier alpha value is -2.85. The Labute approximate surface area is 159 Å². The molecule has 8 nitrogen and oxygen atoms in total. The maximum Gasteiger partial charge on any atom is 0.289 e. The van der Waals surface area contributed by atoms with Crippen LogP contribution in [0.3, 0.4) is 0 Å². The van der Waals surface area contributed by atoms with Gasteiger partial charge in [0, 0.05) is 23.5 Å². The fourth-order valence-corrected chi connectivity index (χ4v) is 4.71. The van der Waals surface area contributed by atoms with E-state index in [-0.39, 0.29) is 28.3 Å². The van der Waals surface area contributed by atoms with Crippen molar-refractivity contribution in [2.45, 2.75) is 11.4 Å². The molecule has 138 valence electrons. The number of nitrogens with one attached hydrogen (secondary N) is 2. The van der Waals surface area contributed by atoms with Gasteiger partial charge in [0.25, 0.3) is 15.3 Å². The van der Waals surface area contributed by atoms with Crippen LogP contribution in [0.15, 0.2) is 53.7 Å². The van der Waals surface area contributed by atoms with Gasteiger partial charge in [-0.05, 0) is 29.8 Å². The lowest BCUT2D eigenvalue weighted by molar-refractivity contribution is -0.125. The van der Waals surface area contributed by atoms with Crippen LogP contribution in [-0.4, -0.2) is 40.2 Å². The van der Waals surface area contributed by atoms with Gasteiger partial charge in [0.15, 0.2) is 0 Å². The fourth-order valence-electron chi connectivity index (χ4n) is 2.76. The van der Waals surface area contributed by atoms with E-state index in [4.69, 9.17) is 0 Å². The van der Waals surface area contributed by atoms with E-state index >= 15 is 0 Å². The quantitative estimate of drug-likeness (QED) is 0.678. The van der Waals surface area contributed by atoms with Crippen LogP contribution in [0.5, 0.6) is 0 Å². The molecule has 3 aromatic rings. The van der Waals surface area contributed by atoms with Crippen LogP contribution in [0.1, 0.15) is 5.56 Å². The van der Waals surface area contributed by atoms with Crippen molar-refractivity contribution in [2.24, 2.45) is 0 Å². The number of rotatable bonds is 5. The molecule has 4 rings (SSSR count). The highest BCUT2D eigenvalue weighted by atomic mass is 32.2. The number of sulfonamides is 1. The largest absolute Gasteiger partial charge is 0.345 e. The lowest BCUT2D eigenvalue weighted by Crippen LogP contribution is -2.27. The summed E-state index contributed by atoms with van der Waals surface area (Å²) in [6.45, 7) is 0.172. The Morgan fingerprint density at radius 2 is 1.96 bits per heavy atom. The maximum absolute atomic E-state index is 12.7. The van der Waals surface area contributed by atoms with Gasteiger partial charge < -0.3 is 4.98 Å². The molecule has 0 bridgehead atoms. The molecule has 2 amide bonds. The van der Waals surface area contributed by atoms with Crippen LogP contribution in [0, 0.1) is 0 Å². The van der Waals surface area contributed by atoms with Gasteiger partial charge in [-0.3, -0.25) is 19.2 Å². The smallest absolute Gasteiger partial charge is 0.289 e. The number of carbonyl (C=O) groups excluding carboxylic acids is 2. The van der Waals surface area contributed by atoms with Crippen molar-refractivity contribution in [1.29, 1.82) is 0 Å². The summed E-state index contributed by atoms with van der Waals surface area (Å²) in [5, 5.41) is 0.239. The minimum atomic E-state index is -3.79. The van der Waals surface area contributed by atoms with E-state index in [0.717, 1.165) is 17.3 Å². The monoisotopic (exact) mass is 402 g/mol. The molecule has 10 heteroatoms. The lowest BCUT2D eigenvalue weighted by Gasteiger charge is -2.13. The highest BCUT2D eigenvalue weighted by Gasteiger charge is 2.29. The average Bonchev–Trinajstić information content (AvgIpc) is 3.22. The van der Waals surface area contributed by atoms with Gasteiger partial charge in [0.2, 0.25) is 5.91 Å². The third kappa shape index (κ3) is 3.40. The number of aromatic nitrogens is 2. The number of hydrogen-bond donors (Lipinski definition) is 2. The van der Waals surface area contributed by atoms with E-state index in [1.54, 1.807) is 42.6 Å². The molecule has 1 aliphatic heterocycles. The molecule has 1 aromatic carbocycles. The second-order valence-electron chi connectivity index (χ2n) is 5.89. The number of amides is 2. The number of hydrogen-bond acceptors (Lipinski definition) is 6. The van der Waals surface area contributed by atoms with Gasteiger partial charge in [-0.25, -0.2) is 13.4 Å². The first-order chi connectivity index (χ1) is 12.9. The van der Waals surface area contributed by atoms with E-state index in [1.807, 2.05) is 0 Å². The van der Waals surface area contributed by atoms with E-state index < -0.39 is 10.0 Å². The summed E-state index contributed by atoms with van der Waals surface area (Å²) < 4.78 is 27.9. The van der Waals surface area contributed by atoms with Crippen LogP contribution in [0.4, 0.5) is 10.5 Å². The summed E-state index contributed by atoms with van der Waals surface area (Å²) in [4.78, 5) is 31.5. The summed E-state index contributed by atoms with van der Waals surface area (Å²) in [5.74, 6) is -0.0568. The van der Waals surface area contributed by atoms with E-state index in [0.29, 0.717) is 16.7 Å². The zero-order valence-electron chi connectivity index (χ0n) is 13.9. The number of imide groups is 1. The Balaban J connectivity index is 1.52. The number of anilines is 1. The summed E-state index contributed by atoms with van der Waals surface area (Å²) >= 11 is 0.981. The number of aromatic amines is 1. The molecule has 2 N–H and O–H groups in total. The van der Waals surface area contributed by atoms with Crippen LogP contribution < -0.4 is 4.72 Å². The fraction of sp³-hybridized carbons (Fsp3) is 0.118. The highest BCUT2D eigenvalue weighted by Crippen LogP contribution is 2.25. The van der Waals surface area contributed by atoms with Crippen molar-refractivity contribution in [3.63, 3.8) is 0 Å². The molecule has 2 aromatic heterocycles. The molecule has 0 spiro atoms. The first-order valence-corrected chi connectivity index (χ1v) is 10.4. The van der Waals surface area contributed by atoms with Crippen molar-refractivity contribution >= 4 is 49.7 Å². The van der Waals surface area contributed by atoms with E-state index in [1.165, 1.54) is 11.1 Å². The zero-order chi connectivity index (χ0) is 19.0. The van der Waals surface area contributed by atoms with E-state index in [2.05, 4.69) is 14.7 Å². The highest BCUT2D eigenvalue weighted by molar-refractivity contribution is 8.14. The Kier molecular flexibility index (Phi) is 4.36. The Morgan fingerprint density at radius 3 is 2.67 bits per heavy atom. The molecule has 27 heavy (non-hydrogen) atoms. The topological polar surface area (TPSA) is 112 Å². The minimum absolute atomic E-state index is 0.111. The number of carbonyl (C=O) groups is 2. The first-order valence-electron chi connectivity index (χ1n) is 7.95. The second kappa shape index (κ2) is 6.71. The van der Waals surface area contributed by atoms with Gasteiger partial charge in [0.1, 0.15) is 10.5 Å². The lowest BCUT2D eigenvalue weighted by atomic mass is 10.2. The summed E-state index contributed by atoms with van der Waals surface area (Å²) in [5.41, 5.74) is 1.61. The van der Waals surface area contributed by atoms with E-state index in [9.17, 15) is 18.0 Å². The zero-order valence-corrected chi connectivity index (χ0v) is 15.5. The molecular weight excluding hydrogens is 388 g/mol. The van der Waals surface area contributed by atoms with Gasteiger partial charge in [-0.15, -0.1) is 0 Å². The number of nitrogens with zero attached hydrogens (tertiary/aromatic N) is 2.